The van der Waals surface area contributed by atoms with Gasteiger partial charge in [-0.15, -0.1) is 11.3 Å². The molecule has 11 rings (SSSR count). The lowest BCUT2D eigenvalue weighted by Gasteiger charge is -2.28. The Balaban J connectivity index is 0.986. The predicted molar refractivity (Wildman–Crippen MR) is 248 cm³/mol. The van der Waals surface area contributed by atoms with E-state index in [1.54, 1.807) is 0 Å². The molecule has 0 N–H and O–H groups in total. The van der Waals surface area contributed by atoms with E-state index in [1.165, 1.54) is 81.4 Å². The first-order valence-corrected chi connectivity index (χ1v) is 20.8. The molecule has 2 heteroatoms. The second kappa shape index (κ2) is 13.9. The molecule has 0 unspecified atom stereocenters. The van der Waals surface area contributed by atoms with E-state index >= 15 is 0 Å². The zero-order chi connectivity index (χ0) is 38.6. The Hall–Kier alpha value is -7.00. The van der Waals surface area contributed by atoms with Gasteiger partial charge in [0.2, 0.25) is 0 Å². The second-order valence-corrected chi connectivity index (χ2v) is 16.5. The van der Waals surface area contributed by atoms with Crippen LogP contribution in [0.4, 0.5) is 17.1 Å². The fourth-order valence-corrected chi connectivity index (χ4v) is 10.5. The van der Waals surface area contributed by atoms with Gasteiger partial charge in [-0.1, -0.05) is 176 Å². The van der Waals surface area contributed by atoms with Gasteiger partial charge in [0.05, 0.1) is 0 Å². The highest BCUT2D eigenvalue weighted by Gasteiger charge is 2.40. The van der Waals surface area contributed by atoms with Gasteiger partial charge in [0, 0.05) is 42.6 Å². The quantitative estimate of drug-likeness (QED) is 0.156. The van der Waals surface area contributed by atoms with E-state index in [-0.39, 0.29) is 5.41 Å². The Morgan fingerprint density at radius 3 is 1.53 bits per heavy atom. The van der Waals surface area contributed by atoms with Crippen molar-refractivity contribution in [1.82, 2.24) is 0 Å². The van der Waals surface area contributed by atoms with Crippen LogP contribution in [0, 0.1) is 0 Å². The third-order valence-electron chi connectivity index (χ3n) is 12.2. The minimum absolute atomic E-state index is 0.218. The molecule has 0 saturated heterocycles. The van der Waals surface area contributed by atoms with E-state index < -0.39 is 0 Å². The van der Waals surface area contributed by atoms with Crippen LogP contribution in [-0.4, -0.2) is 0 Å². The molecule has 0 amide bonds. The number of nitrogens with zero attached hydrogens (tertiary/aromatic N) is 1. The van der Waals surface area contributed by atoms with Crippen LogP contribution < -0.4 is 4.90 Å². The summed E-state index contributed by atoms with van der Waals surface area (Å²) in [5.41, 5.74) is 17.2. The third kappa shape index (κ3) is 5.60. The van der Waals surface area contributed by atoms with Crippen molar-refractivity contribution in [1.29, 1.82) is 0 Å². The second-order valence-electron chi connectivity index (χ2n) is 15.4. The van der Waals surface area contributed by atoms with Gasteiger partial charge in [0.25, 0.3) is 0 Å². The first kappa shape index (κ1) is 34.3. The molecule has 1 heterocycles. The van der Waals surface area contributed by atoms with E-state index in [9.17, 15) is 0 Å². The first-order chi connectivity index (χ1) is 28.6. The van der Waals surface area contributed by atoms with Gasteiger partial charge in [-0.25, -0.2) is 0 Å². The minimum Gasteiger partial charge on any atom is -0.310 e. The molecule has 274 valence electrons. The largest absolute Gasteiger partial charge is 0.310 e. The van der Waals surface area contributed by atoms with Crippen LogP contribution in [0.2, 0.25) is 0 Å². The average molecular weight is 758 g/mol. The molecule has 1 aliphatic rings. The fraction of sp³-hybridized carbons (Fsp3) is 0.0357. The van der Waals surface area contributed by atoms with Crippen molar-refractivity contribution in [3.63, 3.8) is 0 Å². The Morgan fingerprint density at radius 1 is 0.362 bits per heavy atom. The number of hydrogen-bond acceptors (Lipinski definition) is 2. The normalized spacial score (nSPS) is 12.7. The van der Waals surface area contributed by atoms with Gasteiger partial charge in [0.15, 0.2) is 0 Å². The van der Waals surface area contributed by atoms with Crippen LogP contribution in [0.15, 0.2) is 218 Å². The minimum atomic E-state index is -0.218. The summed E-state index contributed by atoms with van der Waals surface area (Å²) in [5.74, 6) is 0. The summed E-state index contributed by atoms with van der Waals surface area (Å²) in [6.45, 7) is 2.40. The molecule has 0 fully saturated rings. The Labute approximate surface area is 343 Å². The molecule has 0 atom stereocenters. The maximum Gasteiger partial charge on any atom is 0.0467 e. The van der Waals surface area contributed by atoms with Crippen molar-refractivity contribution in [2.24, 2.45) is 0 Å². The summed E-state index contributed by atoms with van der Waals surface area (Å²) >= 11 is 1.91. The molecule has 58 heavy (non-hydrogen) atoms. The SMILES string of the molecule is CC1(c2ccc3c(c2)sc2c(-c4ccc(N(c5ccc(-c6ccccc6)cc5)c5cccc(-c6ccccc6)c5)cc4)cccc23)c2ccccc2-c2ccccc21. The van der Waals surface area contributed by atoms with Crippen molar-refractivity contribution < 1.29 is 0 Å². The number of thiophene rings is 1. The maximum absolute atomic E-state index is 2.45. The number of benzene rings is 9. The lowest BCUT2D eigenvalue weighted by Crippen LogP contribution is -2.22. The molecule has 0 radical (unpaired) electrons. The molecular formula is C56H39NS. The fourth-order valence-electron chi connectivity index (χ4n) is 9.23. The van der Waals surface area contributed by atoms with Gasteiger partial charge < -0.3 is 4.90 Å². The molecule has 1 aliphatic carbocycles. The van der Waals surface area contributed by atoms with Gasteiger partial charge in [0.1, 0.15) is 0 Å². The summed E-state index contributed by atoms with van der Waals surface area (Å²) < 4.78 is 2.65. The van der Waals surface area contributed by atoms with E-state index in [1.807, 2.05) is 11.3 Å². The molecule has 1 aromatic heterocycles. The molecular weight excluding hydrogens is 719 g/mol. The molecule has 0 bridgehead atoms. The van der Waals surface area contributed by atoms with Crippen molar-refractivity contribution in [3.8, 4) is 44.5 Å². The smallest absolute Gasteiger partial charge is 0.0467 e. The van der Waals surface area contributed by atoms with Gasteiger partial charge in [-0.05, 0) is 111 Å². The summed E-state index contributed by atoms with van der Waals surface area (Å²) in [5, 5.41) is 2.62. The lowest BCUT2D eigenvalue weighted by molar-refractivity contribution is 0.715. The lowest BCUT2D eigenvalue weighted by atomic mass is 9.74. The van der Waals surface area contributed by atoms with Crippen LogP contribution in [0.25, 0.3) is 64.7 Å². The van der Waals surface area contributed by atoms with Crippen LogP contribution in [0.3, 0.4) is 0 Å². The molecule has 0 saturated carbocycles. The maximum atomic E-state index is 2.45. The van der Waals surface area contributed by atoms with Gasteiger partial charge >= 0.3 is 0 Å². The summed E-state index contributed by atoms with van der Waals surface area (Å²) in [6, 6.07) is 80.0. The van der Waals surface area contributed by atoms with Crippen molar-refractivity contribution >= 4 is 48.6 Å². The topological polar surface area (TPSA) is 3.24 Å². The zero-order valence-corrected chi connectivity index (χ0v) is 33.0. The van der Waals surface area contributed by atoms with Crippen LogP contribution in [0.1, 0.15) is 23.6 Å². The number of hydrogen-bond donors (Lipinski definition) is 0. The molecule has 1 nitrogen and oxygen atoms in total. The van der Waals surface area contributed by atoms with Crippen LogP contribution in [0.5, 0.6) is 0 Å². The summed E-state index contributed by atoms with van der Waals surface area (Å²) in [4.78, 5) is 2.37. The van der Waals surface area contributed by atoms with E-state index in [4.69, 9.17) is 0 Å². The van der Waals surface area contributed by atoms with E-state index in [0.29, 0.717) is 0 Å². The van der Waals surface area contributed by atoms with E-state index in [2.05, 4.69) is 230 Å². The predicted octanol–water partition coefficient (Wildman–Crippen LogP) is 15.9. The Morgan fingerprint density at radius 2 is 0.879 bits per heavy atom. The Kier molecular flexibility index (Phi) is 8.20. The van der Waals surface area contributed by atoms with Crippen LogP contribution in [-0.2, 0) is 5.41 Å². The van der Waals surface area contributed by atoms with Crippen LogP contribution >= 0.6 is 11.3 Å². The standard InChI is InChI=1S/C56H39NS/c1-56(52-24-10-8-20-48(52)49-21-9-11-25-53(49)56)43-30-35-50-51-23-13-22-47(55(51)58-54(50)37-43)41-28-33-45(34-29-41)57(44-31-26-40(27-32-44)38-14-4-2-5-15-38)46-19-12-18-42(36-46)39-16-6-3-7-17-39/h2-37H,1H3. The molecule has 0 spiro atoms. The molecule has 10 aromatic rings. The highest BCUT2D eigenvalue weighted by molar-refractivity contribution is 7.26. The molecule has 0 aliphatic heterocycles. The van der Waals surface area contributed by atoms with Crippen molar-refractivity contribution in [3.05, 3.63) is 235 Å². The summed E-state index contributed by atoms with van der Waals surface area (Å²) in [6.07, 6.45) is 0. The number of anilines is 3. The van der Waals surface area contributed by atoms with Crippen molar-refractivity contribution in [2.45, 2.75) is 12.3 Å². The Bertz CT molecular complexity index is 3060. The highest BCUT2D eigenvalue weighted by Crippen LogP contribution is 2.53. The average Bonchev–Trinajstić information content (AvgIpc) is 3.81. The van der Waals surface area contributed by atoms with Crippen molar-refractivity contribution in [2.75, 3.05) is 4.90 Å². The van der Waals surface area contributed by atoms with E-state index in [0.717, 1.165) is 17.1 Å². The number of fused-ring (bicyclic) bond motifs is 6. The third-order valence-corrected chi connectivity index (χ3v) is 13.4. The molecule has 9 aromatic carbocycles. The zero-order valence-electron chi connectivity index (χ0n) is 32.1. The summed E-state index contributed by atoms with van der Waals surface area (Å²) in [7, 11) is 0. The van der Waals surface area contributed by atoms with Gasteiger partial charge in [-0.2, -0.15) is 0 Å². The monoisotopic (exact) mass is 757 g/mol. The van der Waals surface area contributed by atoms with Gasteiger partial charge in [-0.3, -0.25) is 0 Å². The number of rotatable bonds is 7. The first-order valence-electron chi connectivity index (χ1n) is 20.0. The highest BCUT2D eigenvalue weighted by atomic mass is 32.1.